The Morgan fingerprint density at radius 3 is 3.06 bits per heavy atom. The summed E-state index contributed by atoms with van der Waals surface area (Å²) in [4.78, 5) is 4.30. The summed E-state index contributed by atoms with van der Waals surface area (Å²) < 4.78 is 10.5. The van der Waals surface area contributed by atoms with Crippen LogP contribution < -0.4 is 11.1 Å². The molecule has 5 heteroatoms. The predicted octanol–water partition coefficient (Wildman–Crippen LogP) is 2.25. The fraction of sp³-hybridized carbons (Fsp3) is 0.417. The van der Waals surface area contributed by atoms with Gasteiger partial charge in [0, 0.05) is 20.3 Å². The standard InChI is InChI=1S/C12H17N3O2/c1-16-8-3-2-7-14-12-15-11-9(13)5-4-6-10(11)17-12/h4-6H,2-3,7-8,13H2,1H3,(H,14,15). The van der Waals surface area contributed by atoms with Crippen molar-refractivity contribution in [2.45, 2.75) is 12.8 Å². The number of para-hydroxylation sites is 1. The van der Waals surface area contributed by atoms with Gasteiger partial charge in [-0.15, -0.1) is 0 Å². The quantitative estimate of drug-likeness (QED) is 0.593. The number of fused-ring (bicyclic) bond motifs is 1. The molecule has 17 heavy (non-hydrogen) atoms. The van der Waals surface area contributed by atoms with Gasteiger partial charge in [-0.3, -0.25) is 0 Å². The Morgan fingerprint density at radius 2 is 2.29 bits per heavy atom. The van der Waals surface area contributed by atoms with Gasteiger partial charge < -0.3 is 20.2 Å². The topological polar surface area (TPSA) is 73.3 Å². The third kappa shape index (κ3) is 2.88. The van der Waals surface area contributed by atoms with E-state index < -0.39 is 0 Å². The molecule has 92 valence electrons. The minimum absolute atomic E-state index is 0.523. The Morgan fingerprint density at radius 1 is 1.41 bits per heavy atom. The van der Waals surface area contributed by atoms with E-state index in [1.165, 1.54) is 0 Å². The summed E-state index contributed by atoms with van der Waals surface area (Å²) in [7, 11) is 1.71. The first-order valence-corrected chi connectivity index (χ1v) is 5.69. The SMILES string of the molecule is COCCCCNc1nc2c(N)cccc2o1. The maximum atomic E-state index is 5.80. The molecule has 0 fully saturated rings. The molecule has 0 bridgehead atoms. The molecule has 0 radical (unpaired) electrons. The van der Waals surface area contributed by atoms with Crippen molar-refractivity contribution >= 4 is 22.8 Å². The molecule has 2 aromatic rings. The van der Waals surface area contributed by atoms with Gasteiger partial charge in [0.2, 0.25) is 0 Å². The zero-order chi connectivity index (χ0) is 12.1. The molecule has 1 heterocycles. The molecule has 1 aromatic heterocycles. The second-order valence-corrected chi connectivity index (χ2v) is 3.84. The van der Waals surface area contributed by atoms with Crippen LogP contribution in [0.15, 0.2) is 22.6 Å². The van der Waals surface area contributed by atoms with Crippen molar-refractivity contribution in [1.29, 1.82) is 0 Å². The molecular formula is C12H17N3O2. The highest BCUT2D eigenvalue weighted by Crippen LogP contribution is 2.23. The van der Waals surface area contributed by atoms with Crippen LogP contribution in [0.4, 0.5) is 11.7 Å². The van der Waals surface area contributed by atoms with E-state index in [0.29, 0.717) is 22.8 Å². The van der Waals surface area contributed by atoms with E-state index in [4.69, 9.17) is 14.9 Å². The number of nitrogen functional groups attached to an aromatic ring is 1. The molecule has 0 aliphatic rings. The third-order valence-electron chi connectivity index (χ3n) is 2.50. The molecule has 0 aliphatic carbocycles. The minimum Gasteiger partial charge on any atom is -0.423 e. The van der Waals surface area contributed by atoms with Crippen LogP contribution in [0.3, 0.4) is 0 Å². The highest BCUT2D eigenvalue weighted by atomic mass is 16.5. The number of methoxy groups -OCH3 is 1. The second kappa shape index (κ2) is 5.54. The zero-order valence-electron chi connectivity index (χ0n) is 9.90. The summed E-state index contributed by atoms with van der Waals surface area (Å²) in [6.45, 7) is 1.60. The molecule has 0 saturated heterocycles. The number of rotatable bonds is 6. The van der Waals surface area contributed by atoms with Gasteiger partial charge in [-0.1, -0.05) is 6.07 Å². The number of benzene rings is 1. The molecular weight excluding hydrogens is 218 g/mol. The van der Waals surface area contributed by atoms with Crippen molar-refractivity contribution < 1.29 is 9.15 Å². The minimum atomic E-state index is 0.523. The van der Waals surface area contributed by atoms with Crippen molar-refractivity contribution in [3.05, 3.63) is 18.2 Å². The van der Waals surface area contributed by atoms with Gasteiger partial charge in [-0.05, 0) is 25.0 Å². The number of aromatic nitrogens is 1. The number of nitrogens with one attached hydrogen (secondary N) is 1. The smallest absolute Gasteiger partial charge is 0.295 e. The van der Waals surface area contributed by atoms with E-state index in [2.05, 4.69) is 10.3 Å². The first-order valence-electron chi connectivity index (χ1n) is 5.69. The summed E-state index contributed by atoms with van der Waals surface area (Å²) in [5.41, 5.74) is 7.86. The fourth-order valence-electron chi connectivity index (χ4n) is 1.61. The number of ether oxygens (including phenoxy) is 1. The van der Waals surface area contributed by atoms with Crippen LogP contribution in [-0.2, 0) is 4.74 Å². The largest absolute Gasteiger partial charge is 0.423 e. The lowest BCUT2D eigenvalue weighted by atomic mass is 10.3. The number of hydrogen-bond acceptors (Lipinski definition) is 5. The lowest BCUT2D eigenvalue weighted by Crippen LogP contribution is -2.02. The van der Waals surface area contributed by atoms with Gasteiger partial charge in [0.15, 0.2) is 5.58 Å². The Bertz CT molecular complexity index is 482. The van der Waals surface area contributed by atoms with Gasteiger partial charge in [0.1, 0.15) is 5.52 Å². The average Bonchev–Trinajstić information content (AvgIpc) is 2.73. The van der Waals surface area contributed by atoms with Crippen LogP contribution in [0.25, 0.3) is 11.1 Å². The van der Waals surface area contributed by atoms with E-state index in [9.17, 15) is 0 Å². The Balaban J connectivity index is 1.93. The zero-order valence-corrected chi connectivity index (χ0v) is 9.90. The van der Waals surface area contributed by atoms with Crippen LogP contribution in [0.2, 0.25) is 0 Å². The van der Waals surface area contributed by atoms with E-state index >= 15 is 0 Å². The van der Waals surface area contributed by atoms with E-state index in [-0.39, 0.29) is 0 Å². The molecule has 0 unspecified atom stereocenters. The summed E-state index contributed by atoms with van der Waals surface area (Å²) in [6, 6.07) is 6.04. The van der Waals surface area contributed by atoms with Crippen molar-refractivity contribution in [3.63, 3.8) is 0 Å². The Hall–Kier alpha value is -1.75. The monoisotopic (exact) mass is 235 g/mol. The van der Waals surface area contributed by atoms with E-state index in [0.717, 1.165) is 26.0 Å². The molecule has 0 spiro atoms. The predicted molar refractivity (Wildman–Crippen MR) is 68.0 cm³/mol. The second-order valence-electron chi connectivity index (χ2n) is 3.84. The van der Waals surface area contributed by atoms with Gasteiger partial charge in [0.05, 0.1) is 5.69 Å². The molecule has 0 aliphatic heterocycles. The van der Waals surface area contributed by atoms with Crippen LogP contribution in [0, 0.1) is 0 Å². The van der Waals surface area contributed by atoms with Gasteiger partial charge in [-0.2, -0.15) is 4.98 Å². The number of nitrogens with zero attached hydrogens (tertiary/aromatic N) is 1. The maximum Gasteiger partial charge on any atom is 0.295 e. The highest BCUT2D eigenvalue weighted by Gasteiger charge is 2.06. The third-order valence-corrected chi connectivity index (χ3v) is 2.50. The van der Waals surface area contributed by atoms with Crippen molar-refractivity contribution in [2.24, 2.45) is 0 Å². The average molecular weight is 235 g/mol. The van der Waals surface area contributed by atoms with E-state index in [1.54, 1.807) is 7.11 Å². The van der Waals surface area contributed by atoms with Crippen LogP contribution in [0.5, 0.6) is 0 Å². The molecule has 5 nitrogen and oxygen atoms in total. The number of anilines is 2. The normalized spacial score (nSPS) is 10.9. The molecule has 0 saturated carbocycles. The van der Waals surface area contributed by atoms with Gasteiger partial charge in [-0.25, -0.2) is 0 Å². The van der Waals surface area contributed by atoms with Crippen LogP contribution in [0.1, 0.15) is 12.8 Å². The first kappa shape index (κ1) is 11.7. The molecule has 2 rings (SSSR count). The number of unbranched alkanes of at least 4 members (excludes halogenated alkanes) is 1. The number of hydrogen-bond donors (Lipinski definition) is 2. The highest BCUT2D eigenvalue weighted by molar-refractivity contribution is 5.86. The fourth-order valence-corrected chi connectivity index (χ4v) is 1.61. The van der Waals surface area contributed by atoms with Crippen molar-refractivity contribution in [3.8, 4) is 0 Å². The summed E-state index contributed by atoms with van der Waals surface area (Å²) in [6.07, 6.45) is 2.04. The molecule has 0 amide bonds. The Kier molecular flexibility index (Phi) is 3.82. The molecule has 1 aromatic carbocycles. The number of oxazole rings is 1. The van der Waals surface area contributed by atoms with Gasteiger partial charge in [0.25, 0.3) is 6.01 Å². The lowest BCUT2D eigenvalue weighted by molar-refractivity contribution is 0.193. The lowest BCUT2D eigenvalue weighted by Gasteiger charge is -2.00. The van der Waals surface area contributed by atoms with Gasteiger partial charge >= 0.3 is 0 Å². The summed E-state index contributed by atoms with van der Waals surface area (Å²) >= 11 is 0. The molecule has 3 N–H and O–H groups in total. The first-order chi connectivity index (χ1) is 8.31. The van der Waals surface area contributed by atoms with Crippen molar-refractivity contribution in [1.82, 2.24) is 4.98 Å². The maximum absolute atomic E-state index is 5.80. The summed E-state index contributed by atoms with van der Waals surface area (Å²) in [5.74, 6) is 0. The van der Waals surface area contributed by atoms with E-state index in [1.807, 2.05) is 18.2 Å². The van der Waals surface area contributed by atoms with Crippen LogP contribution >= 0.6 is 0 Å². The summed E-state index contributed by atoms with van der Waals surface area (Å²) in [5, 5.41) is 3.13. The Labute approximate surface area is 100.0 Å². The van der Waals surface area contributed by atoms with Crippen molar-refractivity contribution in [2.75, 3.05) is 31.3 Å². The van der Waals surface area contributed by atoms with Crippen LogP contribution in [-0.4, -0.2) is 25.2 Å². The number of nitrogens with two attached hydrogens (primary N) is 1. The molecule has 0 atom stereocenters.